The van der Waals surface area contributed by atoms with Gasteiger partial charge in [0.25, 0.3) is 0 Å². The molecule has 1 amide bonds. The predicted octanol–water partition coefficient (Wildman–Crippen LogP) is 5.69. The fraction of sp³-hybridized carbons (Fsp3) is 0.300. The molecule has 0 aliphatic carbocycles. The average Bonchev–Trinajstić information content (AvgIpc) is 3.36. The Balaban J connectivity index is 1.47. The first-order valence-corrected chi connectivity index (χ1v) is 12.4. The molecule has 4 aromatic rings. The number of amides is 1. The van der Waals surface area contributed by atoms with Crippen molar-refractivity contribution in [3.63, 3.8) is 0 Å². The fourth-order valence-corrected chi connectivity index (χ4v) is 4.91. The van der Waals surface area contributed by atoms with Gasteiger partial charge in [-0.25, -0.2) is 0 Å². The first-order valence-electron chi connectivity index (χ1n) is 12.4. The predicted molar refractivity (Wildman–Crippen MR) is 139 cm³/mol. The molecule has 35 heavy (non-hydrogen) atoms. The second-order valence-corrected chi connectivity index (χ2v) is 9.03. The third kappa shape index (κ3) is 5.25. The van der Waals surface area contributed by atoms with Crippen molar-refractivity contribution in [3.05, 3.63) is 101 Å². The van der Waals surface area contributed by atoms with Crippen LogP contribution in [0.1, 0.15) is 41.5 Å². The monoisotopic (exact) mass is 468 g/mol. The maximum atomic E-state index is 13.4. The number of para-hydroxylation sites is 1. The first kappa shape index (κ1) is 23.2. The molecular formula is C30H32N2O3. The summed E-state index contributed by atoms with van der Waals surface area (Å²) in [7, 11) is 0. The molecule has 2 heterocycles. The summed E-state index contributed by atoms with van der Waals surface area (Å²) in [5, 5.41) is 1.18. The minimum absolute atomic E-state index is 0.0773. The Hall–Kier alpha value is -3.57. The minimum Gasteiger partial charge on any atom is -0.489 e. The van der Waals surface area contributed by atoms with E-state index >= 15 is 0 Å². The topological polar surface area (TPSA) is 54.6 Å². The summed E-state index contributed by atoms with van der Waals surface area (Å²) in [6.45, 7) is 5.19. The van der Waals surface area contributed by atoms with Crippen LogP contribution in [0.5, 0.6) is 5.75 Å². The van der Waals surface area contributed by atoms with Crippen molar-refractivity contribution in [2.24, 2.45) is 0 Å². The number of hydrogen-bond donors (Lipinski definition) is 1. The molecular weight excluding hydrogens is 436 g/mol. The van der Waals surface area contributed by atoms with E-state index in [0.717, 1.165) is 34.4 Å². The molecule has 1 aliphatic heterocycles. The Morgan fingerprint density at radius 2 is 1.83 bits per heavy atom. The number of aromatic amines is 1. The van der Waals surface area contributed by atoms with Gasteiger partial charge in [0.15, 0.2) is 0 Å². The molecule has 5 heteroatoms. The summed E-state index contributed by atoms with van der Waals surface area (Å²) in [5.74, 6) is 0.894. The van der Waals surface area contributed by atoms with E-state index in [1.165, 1.54) is 10.9 Å². The zero-order valence-corrected chi connectivity index (χ0v) is 20.2. The minimum atomic E-state index is -0.0773. The van der Waals surface area contributed by atoms with Crippen LogP contribution < -0.4 is 4.74 Å². The number of carbonyl (C=O) groups excluding carboxylic acids is 1. The van der Waals surface area contributed by atoms with Gasteiger partial charge in [0, 0.05) is 42.5 Å². The van der Waals surface area contributed by atoms with Crippen LogP contribution in [0.25, 0.3) is 10.9 Å². The van der Waals surface area contributed by atoms with Gasteiger partial charge in [-0.05, 0) is 40.8 Å². The lowest BCUT2D eigenvalue weighted by Gasteiger charge is -2.29. The van der Waals surface area contributed by atoms with E-state index in [-0.39, 0.29) is 11.8 Å². The van der Waals surface area contributed by atoms with E-state index in [9.17, 15) is 4.79 Å². The number of fused-ring (bicyclic) bond motifs is 1. The van der Waals surface area contributed by atoms with Crippen LogP contribution in [0.15, 0.2) is 79.0 Å². The molecule has 1 fully saturated rings. The molecule has 3 aromatic carbocycles. The second-order valence-electron chi connectivity index (χ2n) is 9.03. The Morgan fingerprint density at radius 1 is 1.03 bits per heavy atom. The highest BCUT2D eigenvalue weighted by molar-refractivity contribution is 5.88. The summed E-state index contributed by atoms with van der Waals surface area (Å²) >= 11 is 0. The van der Waals surface area contributed by atoms with Gasteiger partial charge in [-0.1, -0.05) is 67.6 Å². The molecule has 5 rings (SSSR count). The van der Waals surface area contributed by atoms with Crippen LogP contribution in [-0.4, -0.2) is 42.1 Å². The average molecular weight is 469 g/mol. The number of aromatic nitrogens is 1. The van der Waals surface area contributed by atoms with Gasteiger partial charge in [0.1, 0.15) is 12.4 Å². The summed E-state index contributed by atoms with van der Waals surface area (Å²) in [6.07, 6.45) is 3.45. The summed E-state index contributed by atoms with van der Waals surface area (Å²) in [4.78, 5) is 18.8. The zero-order chi connectivity index (χ0) is 24.0. The lowest BCUT2D eigenvalue weighted by Crippen LogP contribution is -2.41. The molecule has 1 atom stereocenters. The molecule has 1 aromatic heterocycles. The van der Waals surface area contributed by atoms with Crippen LogP contribution in [0.3, 0.4) is 0 Å². The van der Waals surface area contributed by atoms with Gasteiger partial charge in [0.2, 0.25) is 5.91 Å². The van der Waals surface area contributed by atoms with Crippen LogP contribution in [0.2, 0.25) is 0 Å². The lowest BCUT2D eigenvalue weighted by molar-refractivity contribution is -0.135. The quantitative estimate of drug-likeness (QED) is 0.361. The third-order valence-electron chi connectivity index (χ3n) is 6.84. The summed E-state index contributed by atoms with van der Waals surface area (Å²) < 4.78 is 11.6. The van der Waals surface area contributed by atoms with Crippen LogP contribution >= 0.6 is 0 Å². The van der Waals surface area contributed by atoms with Gasteiger partial charge in [-0.15, -0.1) is 0 Å². The van der Waals surface area contributed by atoms with Crippen LogP contribution in [-0.2, 0) is 22.6 Å². The van der Waals surface area contributed by atoms with Gasteiger partial charge in [-0.2, -0.15) is 0 Å². The standard InChI is InChI=1S/C30H32N2O3/c1-2-23-10-7-13-26-28(20-31-30(23)26)27(19-29(33)32-14-16-34-17-15-32)24-11-6-12-25(18-24)35-21-22-8-4-3-5-9-22/h3-13,18,20,27,31H,2,14-17,19,21H2,1H3. The number of benzene rings is 3. The Kier molecular flexibility index (Phi) is 7.15. The second kappa shape index (κ2) is 10.8. The molecule has 1 N–H and O–H groups in total. The van der Waals surface area contributed by atoms with Crippen molar-refractivity contribution < 1.29 is 14.3 Å². The van der Waals surface area contributed by atoms with Gasteiger partial charge >= 0.3 is 0 Å². The highest BCUT2D eigenvalue weighted by Crippen LogP contribution is 2.36. The molecule has 0 bridgehead atoms. The van der Waals surface area contributed by atoms with Gasteiger partial charge in [0.05, 0.1) is 13.2 Å². The van der Waals surface area contributed by atoms with E-state index in [4.69, 9.17) is 9.47 Å². The smallest absolute Gasteiger partial charge is 0.223 e. The SMILES string of the molecule is CCc1cccc2c(C(CC(=O)N3CCOCC3)c3cccc(OCc4ccccc4)c3)c[nH]c12. The third-order valence-corrected chi connectivity index (χ3v) is 6.84. The number of ether oxygens (including phenoxy) is 2. The number of aryl methyl sites for hydroxylation is 1. The zero-order valence-electron chi connectivity index (χ0n) is 20.2. The van der Waals surface area contributed by atoms with Crippen LogP contribution in [0.4, 0.5) is 0 Å². The largest absolute Gasteiger partial charge is 0.489 e. The Labute approximate surface area is 206 Å². The number of rotatable bonds is 8. The highest BCUT2D eigenvalue weighted by atomic mass is 16.5. The molecule has 1 unspecified atom stereocenters. The molecule has 5 nitrogen and oxygen atoms in total. The van der Waals surface area contributed by atoms with Crippen molar-refractivity contribution >= 4 is 16.8 Å². The van der Waals surface area contributed by atoms with E-state index in [0.29, 0.717) is 39.3 Å². The highest BCUT2D eigenvalue weighted by Gasteiger charge is 2.26. The molecule has 1 saturated heterocycles. The van der Waals surface area contributed by atoms with E-state index < -0.39 is 0 Å². The number of morpholine rings is 1. The summed E-state index contributed by atoms with van der Waals surface area (Å²) in [5.41, 5.74) is 5.80. The Bertz CT molecular complexity index is 1280. The van der Waals surface area contributed by atoms with Crippen molar-refractivity contribution in [2.75, 3.05) is 26.3 Å². The van der Waals surface area contributed by atoms with Gasteiger partial charge in [-0.3, -0.25) is 4.79 Å². The number of H-pyrrole nitrogens is 1. The van der Waals surface area contributed by atoms with E-state index in [1.54, 1.807) is 0 Å². The molecule has 180 valence electrons. The van der Waals surface area contributed by atoms with E-state index in [2.05, 4.69) is 60.6 Å². The molecule has 0 spiro atoms. The maximum absolute atomic E-state index is 13.4. The van der Waals surface area contributed by atoms with Crippen molar-refractivity contribution in [1.29, 1.82) is 0 Å². The fourth-order valence-electron chi connectivity index (χ4n) is 4.91. The number of nitrogens with zero attached hydrogens (tertiary/aromatic N) is 1. The van der Waals surface area contributed by atoms with Crippen molar-refractivity contribution in [2.45, 2.75) is 32.3 Å². The normalized spacial score (nSPS) is 14.7. The lowest BCUT2D eigenvalue weighted by atomic mass is 9.87. The molecule has 0 radical (unpaired) electrons. The Morgan fingerprint density at radius 3 is 2.63 bits per heavy atom. The number of carbonyl (C=O) groups is 1. The first-order chi connectivity index (χ1) is 17.2. The van der Waals surface area contributed by atoms with Crippen molar-refractivity contribution in [1.82, 2.24) is 9.88 Å². The number of hydrogen-bond acceptors (Lipinski definition) is 3. The van der Waals surface area contributed by atoms with Crippen molar-refractivity contribution in [3.8, 4) is 5.75 Å². The van der Waals surface area contributed by atoms with Gasteiger partial charge < -0.3 is 19.4 Å². The van der Waals surface area contributed by atoms with E-state index in [1.807, 2.05) is 35.2 Å². The molecule has 0 saturated carbocycles. The summed E-state index contributed by atoms with van der Waals surface area (Å²) in [6, 6.07) is 24.8. The maximum Gasteiger partial charge on any atom is 0.223 e. The molecule has 1 aliphatic rings. The number of nitrogens with one attached hydrogen (secondary N) is 1. The van der Waals surface area contributed by atoms with Crippen LogP contribution in [0, 0.1) is 0 Å².